The minimum absolute atomic E-state index is 0.0157. The van der Waals surface area contributed by atoms with E-state index in [9.17, 15) is 4.79 Å². The molecule has 2 aliphatic rings. The van der Waals surface area contributed by atoms with Gasteiger partial charge in [0.1, 0.15) is 5.69 Å². The van der Waals surface area contributed by atoms with Gasteiger partial charge in [0.2, 0.25) is 5.95 Å². The van der Waals surface area contributed by atoms with Crippen molar-refractivity contribution in [2.75, 3.05) is 24.6 Å². The molecule has 0 radical (unpaired) electrons. The van der Waals surface area contributed by atoms with Crippen LogP contribution in [0, 0.1) is 5.41 Å². The summed E-state index contributed by atoms with van der Waals surface area (Å²) in [6, 6.07) is 13.7. The number of H-pyrrole nitrogens is 1. The summed E-state index contributed by atoms with van der Waals surface area (Å²) >= 11 is 12.7. The Kier molecular flexibility index (Phi) is 6.06. The predicted molar refractivity (Wildman–Crippen MR) is 144 cm³/mol. The van der Waals surface area contributed by atoms with E-state index in [4.69, 9.17) is 43.6 Å². The number of hydrogen-bond donors (Lipinski definition) is 2. The summed E-state index contributed by atoms with van der Waals surface area (Å²) < 4.78 is 5.35. The Labute approximate surface area is 224 Å². The van der Waals surface area contributed by atoms with Crippen LogP contribution < -0.4 is 10.6 Å². The number of ether oxygens (including phenoxy) is 1. The molecule has 2 aromatic heterocycles. The van der Waals surface area contributed by atoms with Gasteiger partial charge in [-0.25, -0.2) is 9.78 Å². The van der Waals surface area contributed by atoms with Crippen molar-refractivity contribution in [1.29, 1.82) is 0 Å². The smallest absolute Gasteiger partial charge is 0.357 e. The normalized spacial score (nSPS) is 18.4. The van der Waals surface area contributed by atoms with Crippen molar-refractivity contribution in [2.45, 2.75) is 32.2 Å². The second-order valence-electron chi connectivity index (χ2n) is 9.69. The molecule has 10 heteroatoms. The first-order valence-corrected chi connectivity index (χ1v) is 13.1. The van der Waals surface area contributed by atoms with E-state index in [-0.39, 0.29) is 23.8 Å². The Hall–Kier alpha value is -3.20. The molecule has 1 spiro atoms. The summed E-state index contributed by atoms with van der Waals surface area (Å²) in [5, 5.41) is 8.58. The molecule has 190 valence electrons. The van der Waals surface area contributed by atoms with Crippen molar-refractivity contribution < 1.29 is 9.53 Å². The number of fused-ring (bicyclic) bond motifs is 2. The molecule has 6 rings (SSSR count). The lowest BCUT2D eigenvalue weighted by molar-refractivity contribution is 0.0522. The van der Waals surface area contributed by atoms with Crippen molar-refractivity contribution in [3.8, 4) is 11.3 Å². The number of carbonyl (C=O) groups excluding carboxylic acids is 1. The number of carbonyl (C=O) groups is 1. The average molecular weight is 537 g/mol. The molecule has 1 aliphatic heterocycles. The molecular weight excluding hydrogens is 511 g/mol. The van der Waals surface area contributed by atoms with Crippen molar-refractivity contribution >= 4 is 46.2 Å². The van der Waals surface area contributed by atoms with Gasteiger partial charge in [-0.15, -0.1) is 0 Å². The van der Waals surface area contributed by atoms with Gasteiger partial charge in [0.15, 0.2) is 11.3 Å². The number of aromatic amines is 1. The number of esters is 1. The number of benzene rings is 2. The first-order valence-electron chi connectivity index (χ1n) is 12.4. The Morgan fingerprint density at radius 2 is 1.95 bits per heavy atom. The lowest BCUT2D eigenvalue weighted by Crippen LogP contribution is -2.45. The van der Waals surface area contributed by atoms with Gasteiger partial charge in [0.25, 0.3) is 0 Å². The molecule has 0 saturated carbocycles. The van der Waals surface area contributed by atoms with E-state index in [0.29, 0.717) is 38.3 Å². The van der Waals surface area contributed by atoms with Crippen molar-refractivity contribution in [1.82, 2.24) is 20.2 Å². The van der Waals surface area contributed by atoms with Crippen LogP contribution in [-0.2, 0) is 11.2 Å². The summed E-state index contributed by atoms with van der Waals surface area (Å²) in [4.78, 5) is 24.6. The van der Waals surface area contributed by atoms with Crippen molar-refractivity contribution in [2.24, 2.45) is 11.1 Å². The van der Waals surface area contributed by atoms with Gasteiger partial charge in [-0.1, -0.05) is 59.6 Å². The molecule has 3 N–H and O–H groups in total. The summed E-state index contributed by atoms with van der Waals surface area (Å²) in [6.07, 6.45) is 2.80. The van der Waals surface area contributed by atoms with Crippen LogP contribution in [0.1, 0.15) is 47.4 Å². The van der Waals surface area contributed by atoms with Crippen LogP contribution in [0.5, 0.6) is 0 Å². The van der Waals surface area contributed by atoms with Crippen LogP contribution in [-0.4, -0.2) is 45.8 Å². The van der Waals surface area contributed by atoms with Gasteiger partial charge in [0.05, 0.1) is 22.0 Å². The Bertz CT molecular complexity index is 1510. The lowest BCUT2D eigenvalue weighted by Gasteiger charge is -2.42. The molecule has 1 saturated heterocycles. The minimum atomic E-state index is -0.543. The fraction of sp³-hybridized carbons (Fsp3) is 0.333. The number of hydrogen-bond acceptors (Lipinski definition) is 7. The molecule has 8 nitrogen and oxygen atoms in total. The Morgan fingerprint density at radius 3 is 2.70 bits per heavy atom. The maximum Gasteiger partial charge on any atom is 0.357 e. The van der Waals surface area contributed by atoms with Gasteiger partial charge in [-0.2, -0.15) is 10.1 Å². The molecule has 1 fully saturated rings. The second kappa shape index (κ2) is 9.28. The summed E-state index contributed by atoms with van der Waals surface area (Å²) in [7, 11) is 0. The molecular formula is C27H26Cl2N6O2. The molecule has 4 aromatic rings. The van der Waals surface area contributed by atoms with Crippen LogP contribution in [0.25, 0.3) is 22.3 Å². The van der Waals surface area contributed by atoms with E-state index in [2.05, 4.69) is 39.4 Å². The first-order chi connectivity index (χ1) is 17.9. The number of rotatable bonds is 4. The van der Waals surface area contributed by atoms with E-state index in [0.717, 1.165) is 32.4 Å². The van der Waals surface area contributed by atoms with Crippen LogP contribution in [0.3, 0.4) is 0 Å². The Balaban J connectivity index is 1.36. The maximum absolute atomic E-state index is 13.1. The van der Waals surface area contributed by atoms with Gasteiger partial charge >= 0.3 is 5.97 Å². The van der Waals surface area contributed by atoms with Crippen LogP contribution >= 0.6 is 23.2 Å². The molecule has 3 heterocycles. The highest BCUT2D eigenvalue weighted by Gasteiger charge is 2.46. The van der Waals surface area contributed by atoms with Crippen LogP contribution in [0.2, 0.25) is 10.0 Å². The van der Waals surface area contributed by atoms with E-state index >= 15 is 0 Å². The number of aromatic nitrogens is 4. The summed E-state index contributed by atoms with van der Waals surface area (Å²) in [6.45, 7) is 3.44. The molecule has 0 unspecified atom stereocenters. The monoisotopic (exact) mass is 536 g/mol. The predicted octanol–water partition coefficient (Wildman–Crippen LogP) is 5.35. The van der Waals surface area contributed by atoms with Crippen molar-refractivity contribution in [3.63, 3.8) is 0 Å². The standard InChI is InChI=1S/C27H26Cl2N6O2/c1-2-37-25(36)22-19-21(17-8-5-9-18(28)20(17)29)33-34-24(19)32-26(31-22)35-12-10-27(11-13-35)14-15-6-3-4-7-16(15)23(27)30/h3-9,23H,2,10-14,30H2,1H3,(H,31,32,33,34)/t23-/m1/s1. The highest BCUT2D eigenvalue weighted by molar-refractivity contribution is 6.43. The minimum Gasteiger partial charge on any atom is -0.461 e. The van der Waals surface area contributed by atoms with E-state index < -0.39 is 5.97 Å². The first kappa shape index (κ1) is 24.2. The largest absolute Gasteiger partial charge is 0.461 e. The zero-order valence-corrected chi connectivity index (χ0v) is 21.8. The van der Waals surface area contributed by atoms with Gasteiger partial charge < -0.3 is 15.4 Å². The zero-order chi connectivity index (χ0) is 25.7. The van der Waals surface area contributed by atoms with Gasteiger partial charge in [-0.05, 0) is 48.8 Å². The summed E-state index contributed by atoms with van der Waals surface area (Å²) in [5.41, 5.74) is 11.0. The molecule has 0 amide bonds. The van der Waals surface area contributed by atoms with Gasteiger partial charge in [0, 0.05) is 24.7 Å². The fourth-order valence-corrected chi connectivity index (χ4v) is 6.14. The Morgan fingerprint density at radius 1 is 1.16 bits per heavy atom. The fourth-order valence-electron chi connectivity index (χ4n) is 5.75. The topological polar surface area (TPSA) is 110 Å². The third kappa shape index (κ3) is 3.95. The van der Waals surface area contributed by atoms with Crippen molar-refractivity contribution in [3.05, 3.63) is 69.3 Å². The third-order valence-corrected chi connectivity index (χ3v) is 8.54. The van der Waals surface area contributed by atoms with Crippen LogP contribution in [0.4, 0.5) is 5.95 Å². The molecule has 2 aromatic carbocycles. The molecule has 37 heavy (non-hydrogen) atoms. The van der Waals surface area contributed by atoms with E-state index in [1.54, 1.807) is 25.1 Å². The quantitative estimate of drug-likeness (QED) is 0.338. The number of anilines is 1. The molecule has 1 atom stereocenters. The number of nitrogens with one attached hydrogen (secondary N) is 1. The number of piperidine rings is 1. The molecule has 0 bridgehead atoms. The SMILES string of the molecule is CCOC(=O)c1nc(N2CCC3(CC2)Cc2ccccc2[C@H]3N)nc2[nH]nc(-c3cccc(Cl)c3Cl)c12. The summed E-state index contributed by atoms with van der Waals surface area (Å²) in [5.74, 6) is -0.0828. The number of nitrogens with two attached hydrogens (primary N) is 1. The van der Waals surface area contributed by atoms with Crippen LogP contribution in [0.15, 0.2) is 42.5 Å². The third-order valence-electron chi connectivity index (χ3n) is 7.72. The number of nitrogens with zero attached hydrogens (tertiary/aromatic N) is 4. The van der Waals surface area contributed by atoms with E-state index in [1.165, 1.54) is 11.1 Å². The second-order valence-corrected chi connectivity index (χ2v) is 10.5. The lowest BCUT2D eigenvalue weighted by atomic mass is 9.73. The average Bonchev–Trinajstić information content (AvgIpc) is 3.45. The highest BCUT2D eigenvalue weighted by Crippen LogP contribution is 2.51. The maximum atomic E-state index is 13.1. The molecule has 1 aliphatic carbocycles. The zero-order valence-electron chi connectivity index (χ0n) is 20.3. The van der Waals surface area contributed by atoms with E-state index in [1.807, 2.05) is 0 Å². The van der Waals surface area contributed by atoms with Gasteiger partial charge in [-0.3, -0.25) is 5.10 Å². The number of halogens is 2. The highest BCUT2D eigenvalue weighted by atomic mass is 35.5.